The molecule has 9 nitrogen and oxygen atoms in total. The van der Waals surface area contributed by atoms with Crippen molar-refractivity contribution < 1.29 is 38.1 Å². The normalized spacial score (nSPS) is 23.3. The highest BCUT2D eigenvalue weighted by atomic mass is 16.7. The number of carbonyl (C=O) groups is 3. The predicted octanol–water partition coefficient (Wildman–Crippen LogP) is 3.00. The summed E-state index contributed by atoms with van der Waals surface area (Å²) in [5.74, 6) is -2.34. The fraction of sp³-hybridized carbons (Fsp3) is 0.500. The lowest BCUT2D eigenvalue weighted by Gasteiger charge is -2.38. The van der Waals surface area contributed by atoms with E-state index in [0.29, 0.717) is 46.0 Å². The van der Waals surface area contributed by atoms with Gasteiger partial charge in [-0.25, -0.2) is 4.79 Å². The fourth-order valence-corrected chi connectivity index (χ4v) is 4.87. The average Bonchev–Trinajstić information content (AvgIpc) is 3.28. The molecular weight excluding hydrogens is 454 g/mol. The number of dihydropyridines is 1. The van der Waals surface area contributed by atoms with Gasteiger partial charge in [0, 0.05) is 22.9 Å². The van der Waals surface area contributed by atoms with Gasteiger partial charge in [0.1, 0.15) is 12.5 Å². The SMILES string of the molecule is COC(=O)C1C(=O)C2=C(CC1C)NC(C)=C(C(=O)OCCOC(C)C)C2c1ccc2c(c1)OCO2. The van der Waals surface area contributed by atoms with Gasteiger partial charge in [-0.3, -0.25) is 9.59 Å². The summed E-state index contributed by atoms with van der Waals surface area (Å²) in [6.07, 6.45) is 0.473. The Kier molecular flexibility index (Phi) is 7.16. The van der Waals surface area contributed by atoms with Crippen molar-refractivity contribution >= 4 is 17.7 Å². The van der Waals surface area contributed by atoms with Crippen LogP contribution in [0.4, 0.5) is 0 Å². The standard InChI is InChI=1S/C26H31NO8/c1-13(2)32-8-9-33-26(30)21-15(4)27-17-10-14(3)20(25(29)31-5)24(28)23(17)22(21)16-6-7-18-19(11-16)35-12-34-18/h6-7,11,13-14,20,22,27H,8-10,12H2,1-5H3. The van der Waals surface area contributed by atoms with Crippen LogP contribution in [-0.2, 0) is 28.6 Å². The summed E-state index contributed by atoms with van der Waals surface area (Å²) < 4.78 is 26.9. The molecule has 1 aromatic carbocycles. The maximum absolute atomic E-state index is 13.7. The van der Waals surface area contributed by atoms with Crippen molar-refractivity contribution in [2.75, 3.05) is 27.1 Å². The lowest BCUT2D eigenvalue weighted by atomic mass is 9.69. The average molecular weight is 486 g/mol. The Balaban J connectivity index is 1.75. The van der Waals surface area contributed by atoms with Crippen LogP contribution in [0.5, 0.6) is 11.5 Å². The van der Waals surface area contributed by atoms with E-state index >= 15 is 0 Å². The number of nitrogens with one attached hydrogen (secondary N) is 1. The van der Waals surface area contributed by atoms with Crippen LogP contribution in [0.25, 0.3) is 0 Å². The number of rotatable bonds is 7. The minimum atomic E-state index is -0.952. The van der Waals surface area contributed by atoms with Crippen molar-refractivity contribution in [3.8, 4) is 11.5 Å². The highest BCUT2D eigenvalue weighted by Gasteiger charge is 2.47. The number of hydrogen-bond donors (Lipinski definition) is 1. The van der Waals surface area contributed by atoms with Gasteiger partial charge in [-0.05, 0) is 50.8 Å². The van der Waals surface area contributed by atoms with E-state index in [1.165, 1.54) is 7.11 Å². The molecule has 0 radical (unpaired) electrons. The second-order valence-electron chi connectivity index (χ2n) is 9.20. The molecule has 4 rings (SSSR count). The lowest BCUT2D eigenvalue weighted by molar-refractivity contribution is -0.151. The predicted molar refractivity (Wildman–Crippen MR) is 125 cm³/mol. The molecule has 3 unspecified atom stereocenters. The number of allylic oxidation sites excluding steroid dienone is 3. The van der Waals surface area contributed by atoms with E-state index in [1.807, 2.05) is 20.8 Å². The first-order chi connectivity index (χ1) is 16.7. The van der Waals surface area contributed by atoms with Gasteiger partial charge >= 0.3 is 11.9 Å². The van der Waals surface area contributed by atoms with Crippen LogP contribution < -0.4 is 14.8 Å². The van der Waals surface area contributed by atoms with Crippen molar-refractivity contribution in [2.45, 2.75) is 46.1 Å². The number of carbonyl (C=O) groups excluding carboxylic acids is 3. The van der Waals surface area contributed by atoms with E-state index in [1.54, 1.807) is 25.1 Å². The number of fused-ring (bicyclic) bond motifs is 1. The van der Waals surface area contributed by atoms with Gasteiger partial charge in [0.05, 0.1) is 25.4 Å². The van der Waals surface area contributed by atoms with Crippen LogP contribution in [0.2, 0.25) is 0 Å². The first-order valence-corrected chi connectivity index (χ1v) is 11.7. The molecule has 0 fully saturated rings. The van der Waals surface area contributed by atoms with Crippen molar-refractivity contribution in [3.05, 3.63) is 46.3 Å². The molecule has 3 aliphatic rings. The van der Waals surface area contributed by atoms with E-state index in [2.05, 4.69) is 5.32 Å². The van der Waals surface area contributed by atoms with Gasteiger partial charge < -0.3 is 29.0 Å². The zero-order chi connectivity index (χ0) is 25.3. The van der Waals surface area contributed by atoms with E-state index in [-0.39, 0.29) is 37.8 Å². The summed E-state index contributed by atoms with van der Waals surface area (Å²) in [5.41, 5.74) is 2.63. The Hall–Kier alpha value is -3.33. The summed E-state index contributed by atoms with van der Waals surface area (Å²) in [5, 5.41) is 3.25. The molecule has 0 aromatic heterocycles. The van der Waals surface area contributed by atoms with E-state index in [4.69, 9.17) is 23.7 Å². The van der Waals surface area contributed by atoms with Crippen molar-refractivity contribution in [1.29, 1.82) is 0 Å². The van der Waals surface area contributed by atoms with Crippen LogP contribution in [0.1, 0.15) is 45.6 Å². The number of benzene rings is 1. The van der Waals surface area contributed by atoms with E-state index < -0.39 is 23.8 Å². The van der Waals surface area contributed by atoms with Crippen LogP contribution in [0.15, 0.2) is 40.7 Å². The van der Waals surface area contributed by atoms with Crippen molar-refractivity contribution in [3.63, 3.8) is 0 Å². The molecule has 0 spiro atoms. The summed E-state index contributed by atoms with van der Waals surface area (Å²) >= 11 is 0. The quantitative estimate of drug-likeness (QED) is 0.354. The number of Topliss-reactive ketones (excluding diaryl/α,β-unsaturated/α-hetero) is 1. The van der Waals surface area contributed by atoms with Crippen molar-refractivity contribution in [2.24, 2.45) is 11.8 Å². The molecule has 0 bridgehead atoms. The number of ether oxygens (including phenoxy) is 5. The molecule has 3 atom stereocenters. The largest absolute Gasteiger partial charge is 0.468 e. The molecule has 1 N–H and O–H groups in total. The van der Waals surface area contributed by atoms with Crippen LogP contribution >= 0.6 is 0 Å². The Labute approximate surface area is 204 Å². The summed E-state index contributed by atoms with van der Waals surface area (Å²) in [7, 11) is 1.27. The van der Waals surface area contributed by atoms with Gasteiger partial charge in [0.2, 0.25) is 6.79 Å². The number of ketones is 1. The number of methoxy groups -OCH3 is 1. The highest BCUT2D eigenvalue weighted by molar-refractivity contribution is 6.12. The Bertz CT molecular complexity index is 1100. The third-order valence-electron chi connectivity index (χ3n) is 6.46. The molecule has 9 heteroatoms. The van der Waals surface area contributed by atoms with Crippen molar-refractivity contribution in [1.82, 2.24) is 5.32 Å². The zero-order valence-electron chi connectivity index (χ0n) is 20.6. The second-order valence-corrected chi connectivity index (χ2v) is 9.20. The van der Waals surface area contributed by atoms with Crippen LogP contribution in [0.3, 0.4) is 0 Å². The Morgan fingerprint density at radius 2 is 1.91 bits per heavy atom. The van der Waals surface area contributed by atoms with Crippen LogP contribution in [-0.4, -0.2) is 50.9 Å². The Morgan fingerprint density at radius 1 is 1.17 bits per heavy atom. The first-order valence-electron chi connectivity index (χ1n) is 11.7. The minimum Gasteiger partial charge on any atom is -0.468 e. The molecule has 0 amide bonds. The number of esters is 2. The summed E-state index contributed by atoms with van der Waals surface area (Å²) in [6, 6.07) is 5.32. The van der Waals surface area contributed by atoms with E-state index in [9.17, 15) is 14.4 Å². The Morgan fingerprint density at radius 3 is 2.63 bits per heavy atom. The maximum Gasteiger partial charge on any atom is 0.336 e. The molecule has 2 aliphatic heterocycles. The molecule has 1 aromatic rings. The second kappa shape index (κ2) is 10.1. The minimum absolute atomic E-state index is 0.0113. The van der Waals surface area contributed by atoms with Gasteiger partial charge in [0.15, 0.2) is 17.3 Å². The third-order valence-corrected chi connectivity index (χ3v) is 6.46. The van der Waals surface area contributed by atoms with Gasteiger partial charge in [-0.1, -0.05) is 13.0 Å². The fourth-order valence-electron chi connectivity index (χ4n) is 4.87. The summed E-state index contributed by atoms with van der Waals surface area (Å²) in [6.45, 7) is 7.85. The molecule has 1 aliphatic carbocycles. The first kappa shape index (κ1) is 24.8. The smallest absolute Gasteiger partial charge is 0.336 e. The van der Waals surface area contributed by atoms with Gasteiger partial charge in [0.25, 0.3) is 0 Å². The number of hydrogen-bond acceptors (Lipinski definition) is 9. The molecular formula is C26H31NO8. The molecule has 0 saturated heterocycles. The van der Waals surface area contributed by atoms with E-state index in [0.717, 1.165) is 0 Å². The molecule has 0 saturated carbocycles. The van der Waals surface area contributed by atoms with Crippen LogP contribution in [0, 0.1) is 11.8 Å². The topological polar surface area (TPSA) is 109 Å². The monoisotopic (exact) mass is 485 g/mol. The highest BCUT2D eigenvalue weighted by Crippen LogP contribution is 2.47. The lowest BCUT2D eigenvalue weighted by Crippen LogP contribution is -2.43. The molecule has 188 valence electrons. The molecule has 35 heavy (non-hydrogen) atoms. The molecule has 2 heterocycles. The maximum atomic E-state index is 13.7. The van der Waals surface area contributed by atoms with Gasteiger partial charge in [-0.2, -0.15) is 0 Å². The third kappa shape index (κ3) is 4.77. The zero-order valence-corrected chi connectivity index (χ0v) is 20.6. The van der Waals surface area contributed by atoms with Gasteiger partial charge in [-0.15, -0.1) is 0 Å². The summed E-state index contributed by atoms with van der Waals surface area (Å²) in [4.78, 5) is 39.6.